The second-order valence-electron chi connectivity index (χ2n) is 6.67. The van der Waals surface area contributed by atoms with E-state index in [2.05, 4.69) is 72.6 Å². The molecule has 2 aromatic rings. The van der Waals surface area contributed by atoms with Crippen LogP contribution < -0.4 is 5.32 Å². The first-order valence-electron chi connectivity index (χ1n) is 8.81. The maximum absolute atomic E-state index is 11.8. The summed E-state index contributed by atoms with van der Waals surface area (Å²) in [4.78, 5) is 14.3. The third-order valence-electron chi connectivity index (χ3n) is 5.07. The minimum atomic E-state index is 0.147. The summed E-state index contributed by atoms with van der Waals surface area (Å²) < 4.78 is 0. The molecule has 3 nitrogen and oxygen atoms in total. The normalized spacial score (nSPS) is 21.2. The van der Waals surface area contributed by atoms with Crippen molar-refractivity contribution in [1.29, 1.82) is 0 Å². The number of nitrogens with zero attached hydrogens (tertiary/aromatic N) is 1. The number of amides is 1. The van der Waals surface area contributed by atoms with Crippen LogP contribution >= 0.6 is 0 Å². The zero-order chi connectivity index (χ0) is 16.9. The highest BCUT2D eigenvalue weighted by Gasteiger charge is 2.42. The summed E-state index contributed by atoms with van der Waals surface area (Å²) in [6, 6.07) is 21.7. The molecule has 1 amide bonds. The zero-order valence-electron chi connectivity index (χ0n) is 14.5. The fourth-order valence-corrected chi connectivity index (χ4v) is 3.54. The van der Waals surface area contributed by atoms with Gasteiger partial charge < -0.3 is 5.32 Å². The van der Waals surface area contributed by atoms with Gasteiger partial charge in [0, 0.05) is 19.1 Å². The summed E-state index contributed by atoms with van der Waals surface area (Å²) in [7, 11) is 0. The van der Waals surface area contributed by atoms with Gasteiger partial charge in [0.25, 0.3) is 0 Å². The van der Waals surface area contributed by atoms with E-state index in [9.17, 15) is 4.79 Å². The highest BCUT2D eigenvalue weighted by molar-refractivity contribution is 5.86. The summed E-state index contributed by atoms with van der Waals surface area (Å²) in [6.07, 6.45) is 0.908. The summed E-state index contributed by atoms with van der Waals surface area (Å²) >= 11 is 0. The second kappa shape index (κ2) is 7.63. The molecule has 0 aliphatic carbocycles. The van der Waals surface area contributed by atoms with Crippen LogP contribution in [0, 0.1) is 5.92 Å². The zero-order valence-corrected chi connectivity index (χ0v) is 14.5. The van der Waals surface area contributed by atoms with E-state index in [1.807, 2.05) is 12.1 Å². The van der Waals surface area contributed by atoms with Crippen molar-refractivity contribution in [2.45, 2.75) is 45.4 Å². The minimum Gasteiger partial charge on any atom is -0.351 e. The molecule has 0 radical (unpaired) electrons. The molecule has 3 rings (SSSR count). The average Bonchev–Trinajstić information content (AvgIpc) is 2.60. The molecule has 3 atom stereocenters. The van der Waals surface area contributed by atoms with Crippen LogP contribution in [0.3, 0.4) is 0 Å². The number of carbonyl (C=O) groups excluding carboxylic acids is 1. The first-order chi connectivity index (χ1) is 11.7. The highest BCUT2D eigenvalue weighted by Crippen LogP contribution is 2.26. The van der Waals surface area contributed by atoms with Gasteiger partial charge >= 0.3 is 0 Å². The van der Waals surface area contributed by atoms with Gasteiger partial charge in [-0.2, -0.15) is 0 Å². The Morgan fingerprint density at radius 2 is 1.46 bits per heavy atom. The quantitative estimate of drug-likeness (QED) is 0.790. The maximum Gasteiger partial charge on any atom is 0.225 e. The molecule has 1 aliphatic rings. The van der Waals surface area contributed by atoms with Gasteiger partial charge in [-0.1, -0.05) is 67.6 Å². The molecule has 1 aliphatic heterocycles. The van der Waals surface area contributed by atoms with Crippen molar-refractivity contribution >= 4 is 5.91 Å². The lowest BCUT2D eigenvalue weighted by Gasteiger charge is -2.44. The predicted octanol–water partition coefficient (Wildman–Crippen LogP) is 3.60. The third-order valence-corrected chi connectivity index (χ3v) is 5.07. The standard InChI is InChI=1S/C21H26N2O/c1-3-19-20(22-21(19)24)16(2)23(14-17-10-6-4-7-11-17)15-18-12-8-5-9-13-18/h4-13,16,19-20H,3,14-15H2,1-2H3,(H,22,24). The number of hydrogen-bond donors (Lipinski definition) is 1. The SMILES string of the molecule is CCC1C(=O)NC1C(C)N(Cc1ccccc1)Cc1ccccc1. The number of nitrogens with one attached hydrogen (secondary N) is 1. The van der Waals surface area contributed by atoms with Crippen molar-refractivity contribution < 1.29 is 4.79 Å². The van der Waals surface area contributed by atoms with E-state index in [1.165, 1.54) is 11.1 Å². The first-order valence-corrected chi connectivity index (χ1v) is 8.81. The molecule has 0 spiro atoms. The second-order valence-corrected chi connectivity index (χ2v) is 6.67. The number of rotatable bonds is 7. The number of carbonyl (C=O) groups is 1. The fourth-order valence-electron chi connectivity index (χ4n) is 3.54. The molecule has 126 valence electrons. The Bertz CT molecular complexity index is 615. The molecule has 24 heavy (non-hydrogen) atoms. The molecule has 0 aromatic heterocycles. The minimum absolute atomic E-state index is 0.147. The van der Waals surface area contributed by atoms with Gasteiger partial charge in [0.05, 0.1) is 12.0 Å². The molecule has 0 saturated carbocycles. The van der Waals surface area contributed by atoms with Crippen molar-refractivity contribution in [2.24, 2.45) is 5.92 Å². The largest absolute Gasteiger partial charge is 0.351 e. The Kier molecular flexibility index (Phi) is 5.31. The Balaban J connectivity index is 1.77. The molecule has 1 fully saturated rings. The van der Waals surface area contributed by atoms with E-state index in [0.717, 1.165) is 19.5 Å². The smallest absolute Gasteiger partial charge is 0.225 e. The van der Waals surface area contributed by atoms with Crippen molar-refractivity contribution in [3.8, 4) is 0 Å². The van der Waals surface area contributed by atoms with Crippen LogP contribution in [0.25, 0.3) is 0 Å². The number of hydrogen-bond acceptors (Lipinski definition) is 2. The molecule has 1 heterocycles. The predicted molar refractivity (Wildman–Crippen MR) is 97.3 cm³/mol. The third kappa shape index (κ3) is 3.68. The van der Waals surface area contributed by atoms with Gasteiger partial charge in [-0.05, 0) is 24.5 Å². The van der Waals surface area contributed by atoms with Crippen LogP contribution in [0.1, 0.15) is 31.4 Å². The molecular weight excluding hydrogens is 296 g/mol. The van der Waals surface area contributed by atoms with Gasteiger partial charge in [0.2, 0.25) is 5.91 Å². The molecule has 1 saturated heterocycles. The lowest BCUT2D eigenvalue weighted by Crippen LogP contribution is -2.65. The summed E-state index contributed by atoms with van der Waals surface area (Å²) in [5, 5.41) is 3.11. The van der Waals surface area contributed by atoms with Crippen molar-refractivity contribution in [3.63, 3.8) is 0 Å². The van der Waals surface area contributed by atoms with E-state index >= 15 is 0 Å². The Morgan fingerprint density at radius 1 is 0.958 bits per heavy atom. The van der Waals surface area contributed by atoms with E-state index in [0.29, 0.717) is 6.04 Å². The first kappa shape index (κ1) is 16.7. The van der Waals surface area contributed by atoms with E-state index < -0.39 is 0 Å². The summed E-state index contributed by atoms with van der Waals surface area (Å²) in [6.45, 7) is 6.11. The lowest BCUT2D eigenvalue weighted by molar-refractivity contribution is -0.137. The molecule has 3 heteroatoms. The van der Waals surface area contributed by atoms with Crippen LogP contribution in [0.15, 0.2) is 60.7 Å². The Labute approximate surface area is 144 Å². The van der Waals surface area contributed by atoms with Gasteiger partial charge in [-0.15, -0.1) is 0 Å². The van der Waals surface area contributed by atoms with Crippen LogP contribution in [-0.4, -0.2) is 22.9 Å². The molecular formula is C21H26N2O. The van der Waals surface area contributed by atoms with Gasteiger partial charge in [-0.25, -0.2) is 0 Å². The van der Waals surface area contributed by atoms with E-state index in [-0.39, 0.29) is 17.9 Å². The summed E-state index contributed by atoms with van der Waals surface area (Å²) in [5.74, 6) is 0.350. The monoisotopic (exact) mass is 322 g/mol. The maximum atomic E-state index is 11.8. The number of benzene rings is 2. The molecule has 3 unspecified atom stereocenters. The lowest BCUT2D eigenvalue weighted by atomic mass is 9.83. The van der Waals surface area contributed by atoms with Crippen LogP contribution in [0.5, 0.6) is 0 Å². The average molecular weight is 322 g/mol. The van der Waals surface area contributed by atoms with E-state index in [1.54, 1.807) is 0 Å². The van der Waals surface area contributed by atoms with Gasteiger partial charge in [0.15, 0.2) is 0 Å². The van der Waals surface area contributed by atoms with Crippen LogP contribution in [0.2, 0.25) is 0 Å². The van der Waals surface area contributed by atoms with Crippen LogP contribution in [0.4, 0.5) is 0 Å². The van der Waals surface area contributed by atoms with E-state index in [4.69, 9.17) is 0 Å². The molecule has 0 bridgehead atoms. The topological polar surface area (TPSA) is 32.3 Å². The van der Waals surface area contributed by atoms with Crippen molar-refractivity contribution in [3.05, 3.63) is 71.8 Å². The Morgan fingerprint density at radius 3 is 1.88 bits per heavy atom. The fraction of sp³-hybridized carbons (Fsp3) is 0.381. The molecule has 2 aromatic carbocycles. The van der Waals surface area contributed by atoms with Gasteiger partial charge in [-0.3, -0.25) is 9.69 Å². The van der Waals surface area contributed by atoms with Gasteiger partial charge in [0.1, 0.15) is 0 Å². The van der Waals surface area contributed by atoms with Crippen molar-refractivity contribution in [2.75, 3.05) is 0 Å². The summed E-state index contributed by atoms with van der Waals surface area (Å²) in [5.41, 5.74) is 2.61. The molecule has 1 N–H and O–H groups in total. The highest BCUT2D eigenvalue weighted by atomic mass is 16.2. The Hall–Kier alpha value is -2.13. The van der Waals surface area contributed by atoms with Crippen LogP contribution in [-0.2, 0) is 17.9 Å². The van der Waals surface area contributed by atoms with Crippen molar-refractivity contribution in [1.82, 2.24) is 10.2 Å². The number of β-lactam (4-membered cyclic amide) rings is 1.